The predicted octanol–water partition coefficient (Wildman–Crippen LogP) is 2.59. The summed E-state index contributed by atoms with van der Waals surface area (Å²) in [5, 5.41) is 5.54. The lowest BCUT2D eigenvalue weighted by Crippen LogP contribution is -2.23. The van der Waals surface area contributed by atoms with E-state index in [2.05, 4.69) is 25.8 Å². The Morgan fingerprint density at radius 3 is 2.72 bits per heavy atom. The van der Waals surface area contributed by atoms with Crippen LogP contribution in [0.5, 0.6) is 0 Å². The molecule has 2 aromatic heterocycles. The Morgan fingerprint density at radius 1 is 1.50 bits per heavy atom. The lowest BCUT2D eigenvalue weighted by Gasteiger charge is -2.04. The molecule has 98 valence electrons. The summed E-state index contributed by atoms with van der Waals surface area (Å²) in [6.07, 6.45) is 0. The number of rotatable bonds is 4. The van der Waals surface area contributed by atoms with E-state index in [1.807, 2.05) is 11.4 Å². The Labute approximate surface area is 117 Å². The fraction of sp³-hybridized carbons (Fsp3) is 0.300. The monoisotopic (exact) mass is 350 g/mol. The molecule has 2 rings (SSSR count). The number of sulfonamides is 1. The maximum Gasteiger partial charge on any atom is 0.246 e. The quantitative estimate of drug-likeness (QED) is 0.919. The van der Waals surface area contributed by atoms with E-state index in [0.717, 1.165) is 9.35 Å². The van der Waals surface area contributed by atoms with E-state index in [4.69, 9.17) is 4.52 Å². The molecule has 0 bridgehead atoms. The molecule has 0 aliphatic carbocycles. The topological polar surface area (TPSA) is 72.2 Å². The minimum atomic E-state index is -3.58. The normalized spacial score (nSPS) is 11.9. The average molecular weight is 351 g/mol. The summed E-state index contributed by atoms with van der Waals surface area (Å²) in [4.78, 5) is 1.05. The zero-order valence-electron chi connectivity index (χ0n) is 9.73. The number of nitrogens with zero attached hydrogens (tertiary/aromatic N) is 1. The molecule has 2 aromatic rings. The van der Waals surface area contributed by atoms with E-state index in [1.54, 1.807) is 13.8 Å². The number of aryl methyl sites for hydroxylation is 2. The second-order valence-electron chi connectivity index (χ2n) is 3.71. The summed E-state index contributed by atoms with van der Waals surface area (Å²) in [7, 11) is -3.58. The number of thiophene rings is 1. The first-order chi connectivity index (χ1) is 8.40. The van der Waals surface area contributed by atoms with Gasteiger partial charge < -0.3 is 4.52 Å². The fourth-order valence-corrected chi connectivity index (χ4v) is 4.36. The number of halogens is 1. The summed E-state index contributed by atoms with van der Waals surface area (Å²) in [6.45, 7) is 3.44. The zero-order valence-corrected chi connectivity index (χ0v) is 12.9. The van der Waals surface area contributed by atoms with Gasteiger partial charge >= 0.3 is 0 Å². The molecule has 2 heterocycles. The third kappa shape index (κ3) is 2.82. The van der Waals surface area contributed by atoms with Gasteiger partial charge in [0.25, 0.3) is 0 Å². The Bertz CT molecular complexity index is 641. The molecule has 1 N–H and O–H groups in total. The first kappa shape index (κ1) is 13.7. The van der Waals surface area contributed by atoms with E-state index in [-0.39, 0.29) is 11.4 Å². The molecule has 0 fully saturated rings. The van der Waals surface area contributed by atoms with Gasteiger partial charge in [-0.25, -0.2) is 13.1 Å². The van der Waals surface area contributed by atoms with Crippen molar-refractivity contribution in [1.29, 1.82) is 0 Å². The molecule has 0 spiro atoms. The summed E-state index contributed by atoms with van der Waals surface area (Å²) in [6, 6.07) is 1.88. The molecule has 0 amide bonds. The molecule has 0 radical (unpaired) electrons. The van der Waals surface area contributed by atoms with Gasteiger partial charge in [0.05, 0.1) is 0 Å². The van der Waals surface area contributed by atoms with Crippen LogP contribution in [0, 0.1) is 13.8 Å². The van der Waals surface area contributed by atoms with Crippen molar-refractivity contribution < 1.29 is 12.9 Å². The van der Waals surface area contributed by atoms with Gasteiger partial charge in [-0.1, -0.05) is 5.16 Å². The Morgan fingerprint density at radius 2 is 2.22 bits per heavy atom. The Balaban J connectivity index is 2.18. The number of hydrogen-bond acceptors (Lipinski definition) is 5. The first-order valence-corrected chi connectivity index (χ1v) is 8.21. The molecular formula is C10H11BrN2O3S2. The highest BCUT2D eigenvalue weighted by molar-refractivity contribution is 9.10. The average Bonchev–Trinajstić information content (AvgIpc) is 2.83. The molecule has 0 saturated heterocycles. The van der Waals surface area contributed by atoms with E-state index in [1.165, 1.54) is 11.3 Å². The lowest BCUT2D eigenvalue weighted by atomic mass is 10.4. The summed E-state index contributed by atoms with van der Waals surface area (Å²) in [5.41, 5.74) is 0.368. The largest absolute Gasteiger partial charge is 0.360 e. The molecular weight excluding hydrogens is 340 g/mol. The maximum atomic E-state index is 12.1. The van der Waals surface area contributed by atoms with Crippen molar-refractivity contribution in [3.63, 3.8) is 0 Å². The van der Waals surface area contributed by atoms with Crippen LogP contribution < -0.4 is 4.72 Å². The minimum absolute atomic E-state index is 0.123. The second kappa shape index (κ2) is 5.12. The fourth-order valence-electron chi connectivity index (χ4n) is 1.54. The van der Waals surface area contributed by atoms with Crippen molar-refractivity contribution in [3.8, 4) is 0 Å². The molecule has 0 atom stereocenters. The summed E-state index contributed by atoms with van der Waals surface area (Å²) < 4.78 is 32.5. The van der Waals surface area contributed by atoms with E-state index < -0.39 is 10.0 Å². The minimum Gasteiger partial charge on any atom is -0.360 e. The molecule has 0 unspecified atom stereocenters. The van der Waals surface area contributed by atoms with Crippen molar-refractivity contribution in [3.05, 3.63) is 32.3 Å². The molecule has 0 aromatic carbocycles. The zero-order chi connectivity index (χ0) is 13.3. The highest BCUT2D eigenvalue weighted by Gasteiger charge is 2.23. The van der Waals surface area contributed by atoms with Crippen LogP contribution in [-0.2, 0) is 16.6 Å². The van der Waals surface area contributed by atoms with Gasteiger partial charge in [0.1, 0.15) is 10.6 Å². The first-order valence-electron chi connectivity index (χ1n) is 5.05. The van der Waals surface area contributed by atoms with Gasteiger partial charge in [-0.2, -0.15) is 0 Å². The van der Waals surface area contributed by atoms with Crippen molar-refractivity contribution in [2.75, 3.05) is 0 Å². The van der Waals surface area contributed by atoms with Crippen LogP contribution in [0.3, 0.4) is 0 Å². The molecule has 18 heavy (non-hydrogen) atoms. The van der Waals surface area contributed by atoms with E-state index in [9.17, 15) is 8.42 Å². The van der Waals surface area contributed by atoms with E-state index >= 15 is 0 Å². The van der Waals surface area contributed by atoms with Crippen molar-refractivity contribution in [2.45, 2.75) is 25.3 Å². The van der Waals surface area contributed by atoms with Crippen LogP contribution in [-0.4, -0.2) is 13.6 Å². The number of hydrogen-bond donors (Lipinski definition) is 1. The standard InChI is InChI=1S/C10H11BrN2O3S2/c1-6-10(7(2)16-13-6)18(14,15)12-4-9-3-8(11)5-17-9/h3,5,12H,4H2,1-2H3. The van der Waals surface area contributed by atoms with Crippen LogP contribution >= 0.6 is 27.3 Å². The van der Waals surface area contributed by atoms with E-state index in [0.29, 0.717) is 11.5 Å². The second-order valence-corrected chi connectivity index (χ2v) is 7.32. The van der Waals surface area contributed by atoms with Gasteiger partial charge in [-0.15, -0.1) is 11.3 Å². The molecule has 5 nitrogen and oxygen atoms in total. The molecule has 8 heteroatoms. The highest BCUT2D eigenvalue weighted by Crippen LogP contribution is 2.22. The van der Waals surface area contributed by atoms with Crippen LogP contribution in [0.2, 0.25) is 0 Å². The maximum absolute atomic E-state index is 12.1. The van der Waals surface area contributed by atoms with Crippen molar-refractivity contribution >= 4 is 37.3 Å². The third-order valence-corrected chi connectivity index (χ3v) is 5.64. The van der Waals surface area contributed by atoms with Gasteiger partial charge in [0, 0.05) is 21.3 Å². The van der Waals surface area contributed by atoms with Gasteiger partial charge in [-0.3, -0.25) is 0 Å². The third-order valence-electron chi connectivity index (χ3n) is 2.29. The SMILES string of the molecule is Cc1noc(C)c1S(=O)(=O)NCc1cc(Br)cs1. The van der Waals surface area contributed by atoms with Crippen LogP contribution in [0.4, 0.5) is 0 Å². The highest BCUT2D eigenvalue weighted by atomic mass is 79.9. The van der Waals surface area contributed by atoms with Crippen LogP contribution in [0.25, 0.3) is 0 Å². The summed E-state index contributed by atoms with van der Waals surface area (Å²) >= 11 is 4.81. The van der Waals surface area contributed by atoms with Gasteiger partial charge in [0.15, 0.2) is 5.76 Å². The molecule has 0 aliphatic heterocycles. The summed E-state index contributed by atoms with van der Waals surface area (Å²) in [5.74, 6) is 0.298. The van der Waals surface area contributed by atoms with Gasteiger partial charge in [-0.05, 0) is 35.8 Å². The van der Waals surface area contributed by atoms with Crippen LogP contribution in [0.15, 0.2) is 25.3 Å². The Hall–Kier alpha value is -0.700. The molecule has 0 aliphatic rings. The predicted molar refractivity (Wildman–Crippen MR) is 72.0 cm³/mol. The number of nitrogens with one attached hydrogen (secondary N) is 1. The van der Waals surface area contributed by atoms with Crippen molar-refractivity contribution in [1.82, 2.24) is 9.88 Å². The smallest absolute Gasteiger partial charge is 0.246 e. The van der Waals surface area contributed by atoms with Crippen LogP contribution in [0.1, 0.15) is 16.3 Å². The number of aromatic nitrogens is 1. The Kier molecular flexibility index (Phi) is 3.90. The lowest BCUT2D eigenvalue weighted by molar-refractivity contribution is 0.390. The molecule has 0 saturated carbocycles. The van der Waals surface area contributed by atoms with Gasteiger partial charge in [0.2, 0.25) is 10.0 Å². The van der Waals surface area contributed by atoms with Crippen molar-refractivity contribution in [2.24, 2.45) is 0 Å².